The number of likely N-dealkylation sites (tertiary alicyclic amines) is 1. The molecule has 2 heterocycles. The number of H-pyrrole nitrogens is 1. The summed E-state index contributed by atoms with van der Waals surface area (Å²) in [6, 6.07) is 5.93. The molecule has 1 aliphatic rings. The molecule has 2 amide bonds. The lowest BCUT2D eigenvalue weighted by molar-refractivity contribution is -0.133. The van der Waals surface area contributed by atoms with E-state index < -0.39 is 0 Å². The number of aromatic nitrogens is 1. The van der Waals surface area contributed by atoms with Crippen molar-refractivity contribution in [1.29, 1.82) is 0 Å². The quantitative estimate of drug-likeness (QED) is 0.873. The molecule has 2 N–H and O–H groups in total. The van der Waals surface area contributed by atoms with Gasteiger partial charge in [0.1, 0.15) is 5.75 Å². The van der Waals surface area contributed by atoms with E-state index in [4.69, 9.17) is 4.74 Å². The van der Waals surface area contributed by atoms with Gasteiger partial charge in [-0.15, -0.1) is 0 Å². The number of benzene rings is 1. The van der Waals surface area contributed by atoms with Crippen LogP contribution in [0.4, 0.5) is 0 Å². The maximum atomic E-state index is 12.4. The summed E-state index contributed by atoms with van der Waals surface area (Å²) in [5, 5.41) is 4.14. The predicted molar refractivity (Wildman–Crippen MR) is 96.5 cm³/mol. The summed E-state index contributed by atoms with van der Waals surface area (Å²) in [5.41, 5.74) is 2.22. The molecule has 1 saturated heterocycles. The fourth-order valence-electron chi connectivity index (χ4n) is 3.43. The van der Waals surface area contributed by atoms with Crippen molar-refractivity contribution in [3.05, 3.63) is 30.0 Å². The van der Waals surface area contributed by atoms with Crippen molar-refractivity contribution in [2.24, 2.45) is 5.92 Å². The number of nitrogens with zero attached hydrogens (tertiary/aromatic N) is 1. The van der Waals surface area contributed by atoms with Gasteiger partial charge in [0.2, 0.25) is 11.8 Å². The van der Waals surface area contributed by atoms with Gasteiger partial charge < -0.3 is 19.9 Å². The van der Waals surface area contributed by atoms with Crippen molar-refractivity contribution < 1.29 is 14.3 Å². The average molecular weight is 343 g/mol. The van der Waals surface area contributed by atoms with Crippen molar-refractivity contribution in [1.82, 2.24) is 15.2 Å². The van der Waals surface area contributed by atoms with Crippen LogP contribution in [0.2, 0.25) is 0 Å². The summed E-state index contributed by atoms with van der Waals surface area (Å²) in [7, 11) is 1.65. The van der Waals surface area contributed by atoms with Crippen LogP contribution in [-0.2, 0) is 16.0 Å². The van der Waals surface area contributed by atoms with Gasteiger partial charge in [-0.25, -0.2) is 0 Å². The van der Waals surface area contributed by atoms with Gasteiger partial charge >= 0.3 is 0 Å². The second kappa shape index (κ2) is 7.59. The Hall–Kier alpha value is -2.50. The summed E-state index contributed by atoms with van der Waals surface area (Å²) in [6.07, 6.45) is 4.47. The van der Waals surface area contributed by atoms with Crippen LogP contribution in [0.15, 0.2) is 24.4 Å². The van der Waals surface area contributed by atoms with Gasteiger partial charge in [-0.1, -0.05) is 0 Å². The summed E-state index contributed by atoms with van der Waals surface area (Å²) in [6.45, 7) is 3.44. The molecule has 0 bridgehead atoms. The number of nitrogens with one attached hydrogen (secondary N) is 2. The number of ether oxygens (including phenoxy) is 1. The van der Waals surface area contributed by atoms with Crippen LogP contribution in [0.25, 0.3) is 10.9 Å². The number of methoxy groups -OCH3 is 1. The highest BCUT2D eigenvalue weighted by molar-refractivity contribution is 5.85. The summed E-state index contributed by atoms with van der Waals surface area (Å²) < 4.78 is 5.28. The molecule has 1 aromatic carbocycles. The highest BCUT2D eigenvalue weighted by Crippen LogP contribution is 2.24. The molecule has 134 valence electrons. The Morgan fingerprint density at radius 3 is 3.00 bits per heavy atom. The van der Waals surface area contributed by atoms with Gasteiger partial charge in [0.25, 0.3) is 0 Å². The number of piperidine rings is 1. The van der Waals surface area contributed by atoms with Crippen molar-refractivity contribution in [3.8, 4) is 5.75 Å². The number of aromatic amines is 1. The van der Waals surface area contributed by atoms with E-state index in [2.05, 4.69) is 10.3 Å². The number of amides is 2. The molecule has 0 spiro atoms. The molecule has 3 rings (SSSR count). The van der Waals surface area contributed by atoms with Crippen molar-refractivity contribution in [2.45, 2.75) is 26.2 Å². The Kier molecular flexibility index (Phi) is 5.26. The standard InChI is InChI=1S/C19H25N3O3/c1-13(23)22-9-3-4-15(12-22)19(24)20-8-7-14-11-21-18-6-5-16(25-2)10-17(14)18/h5-6,10-11,15,21H,3-4,7-9,12H2,1-2H3,(H,20,24)/t15-/m0/s1. The number of rotatable bonds is 5. The van der Waals surface area contributed by atoms with Crippen LogP contribution in [0.1, 0.15) is 25.3 Å². The number of carbonyl (C=O) groups excluding carboxylic acids is 2. The number of hydrogen-bond donors (Lipinski definition) is 2. The third-order valence-corrected chi connectivity index (χ3v) is 4.91. The zero-order chi connectivity index (χ0) is 17.8. The molecule has 6 nitrogen and oxygen atoms in total. The number of fused-ring (bicyclic) bond motifs is 1. The molecule has 0 radical (unpaired) electrons. The van der Waals surface area contributed by atoms with E-state index >= 15 is 0 Å². The molecule has 0 aliphatic carbocycles. The Morgan fingerprint density at radius 2 is 2.24 bits per heavy atom. The van der Waals surface area contributed by atoms with Gasteiger partial charge in [-0.05, 0) is 43.0 Å². The lowest BCUT2D eigenvalue weighted by Crippen LogP contribution is -2.45. The summed E-state index contributed by atoms with van der Waals surface area (Å²) >= 11 is 0. The van der Waals surface area contributed by atoms with Crippen LogP contribution in [0.5, 0.6) is 5.75 Å². The van der Waals surface area contributed by atoms with Crippen LogP contribution >= 0.6 is 0 Å². The molecule has 1 atom stereocenters. The number of hydrogen-bond acceptors (Lipinski definition) is 3. The first-order chi connectivity index (χ1) is 12.1. The van der Waals surface area contributed by atoms with E-state index in [1.807, 2.05) is 24.4 Å². The van der Waals surface area contributed by atoms with E-state index in [-0.39, 0.29) is 17.7 Å². The van der Waals surface area contributed by atoms with Crippen molar-refractivity contribution in [2.75, 3.05) is 26.7 Å². The number of carbonyl (C=O) groups is 2. The van der Waals surface area contributed by atoms with Gasteiger partial charge in [0.05, 0.1) is 13.0 Å². The van der Waals surface area contributed by atoms with E-state index in [1.54, 1.807) is 18.9 Å². The molecule has 1 fully saturated rings. The van der Waals surface area contributed by atoms with Crippen LogP contribution in [-0.4, -0.2) is 48.4 Å². The van der Waals surface area contributed by atoms with Crippen LogP contribution < -0.4 is 10.1 Å². The maximum absolute atomic E-state index is 12.4. The second-order valence-electron chi connectivity index (χ2n) is 6.57. The highest BCUT2D eigenvalue weighted by Gasteiger charge is 2.26. The molecule has 0 saturated carbocycles. The third-order valence-electron chi connectivity index (χ3n) is 4.91. The average Bonchev–Trinajstić information content (AvgIpc) is 3.04. The Morgan fingerprint density at radius 1 is 1.40 bits per heavy atom. The first-order valence-corrected chi connectivity index (χ1v) is 8.75. The normalized spacial score (nSPS) is 17.5. The third kappa shape index (κ3) is 3.95. The van der Waals surface area contributed by atoms with Gasteiger partial charge in [0, 0.05) is 43.7 Å². The smallest absolute Gasteiger partial charge is 0.224 e. The van der Waals surface area contributed by atoms with E-state index in [1.165, 1.54) is 0 Å². The molecule has 25 heavy (non-hydrogen) atoms. The Bertz CT molecular complexity index is 768. The van der Waals surface area contributed by atoms with Gasteiger partial charge in [0.15, 0.2) is 0 Å². The maximum Gasteiger partial charge on any atom is 0.224 e. The largest absolute Gasteiger partial charge is 0.497 e. The van der Waals surface area contributed by atoms with Gasteiger partial charge in [-0.3, -0.25) is 9.59 Å². The van der Waals surface area contributed by atoms with Crippen molar-refractivity contribution in [3.63, 3.8) is 0 Å². The first-order valence-electron chi connectivity index (χ1n) is 8.75. The minimum atomic E-state index is -0.0966. The molecule has 1 aliphatic heterocycles. The van der Waals surface area contributed by atoms with Crippen LogP contribution in [0.3, 0.4) is 0 Å². The predicted octanol–water partition coefficient (Wildman–Crippen LogP) is 2.09. The highest BCUT2D eigenvalue weighted by atomic mass is 16.5. The fourth-order valence-corrected chi connectivity index (χ4v) is 3.43. The zero-order valence-corrected chi connectivity index (χ0v) is 14.8. The molecule has 2 aromatic rings. The Labute approximate surface area is 147 Å². The summed E-state index contributed by atoms with van der Waals surface area (Å²) in [5.74, 6) is 0.818. The molecular formula is C19H25N3O3. The van der Waals surface area contributed by atoms with Crippen LogP contribution in [0, 0.1) is 5.92 Å². The van der Waals surface area contributed by atoms with E-state index in [0.29, 0.717) is 13.1 Å². The Balaban J connectivity index is 1.56. The van der Waals surface area contributed by atoms with Gasteiger partial charge in [-0.2, -0.15) is 0 Å². The minimum absolute atomic E-state index is 0.0448. The minimum Gasteiger partial charge on any atom is -0.497 e. The van der Waals surface area contributed by atoms with E-state index in [0.717, 1.165) is 48.0 Å². The molecule has 0 unspecified atom stereocenters. The monoisotopic (exact) mass is 343 g/mol. The molecule has 6 heteroatoms. The second-order valence-corrected chi connectivity index (χ2v) is 6.57. The zero-order valence-electron chi connectivity index (χ0n) is 14.8. The van der Waals surface area contributed by atoms with Crippen molar-refractivity contribution >= 4 is 22.7 Å². The first kappa shape index (κ1) is 17.3. The summed E-state index contributed by atoms with van der Waals surface area (Å²) in [4.78, 5) is 28.9. The fraction of sp³-hybridized carbons (Fsp3) is 0.474. The lowest BCUT2D eigenvalue weighted by Gasteiger charge is -2.31. The lowest BCUT2D eigenvalue weighted by atomic mass is 9.97. The van der Waals surface area contributed by atoms with E-state index in [9.17, 15) is 9.59 Å². The molecular weight excluding hydrogens is 318 g/mol. The molecule has 1 aromatic heterocycles. The topological polar surface area (TPSA) is 74.4 Å². The SMILES string of the molecule is COc1ccc2[nH]cc(CCNC(=O)[C@H]3CCCN(C(C)=O)C3)c2c1.